The monoisotopic (exact) mass is 679 g/mol. The third-order valence-electron chi connectivity index (χ3n) is 10.5. The molecule has 0 radical (unpaired) electrons. The third kappa shape index (κ3) is 4.37. The molecule has 3 heterocycles. The number of aliphatic hydroxyl groups is 2. The van der Waals surface area contributed by atoms with Gasteiger partial charge in [-0.3, -0.25) is 0 Å². The van der Waals surface area contributed by atoms with Gasteiger partial charge in [-0.05, 0) is 89.5 Å². The molecule has 2 aliphatic carbocycles. The van der Waals surface area contributed by atoms with Crippen molar-refractivity contribution in [3.05, 3.63) is 180 Å². The summed E-state index contributed by atoms with van der Waals surface area (Å²) >= 11 is 3.73. The molecule has 8 aromatic rings. The molecule has 6 aromatic carbocycles. The van der Waals surface area contributed by atoms with Crippen LogP contribution in [0, 0.1) is 0 Å². The SMILES string of the molecule is C1=Cc2ccc(N(c3ccc4c(c3)sc3ccccc34)c3ccc4sc5ccccc5c4c3)cc2C2C1=CC=C1NC(c3ccccc3)[OH+]C12. The van der Waals surface area contributed by atoms with Crippen molar-refractivity contribution < 1.29 is 4.74 Å². The highest BCUT2D eigenvalue weighted by atomic mass is 32.1. The number of nitrogens with one attached hydrogen (secondary N) is 1. The summed E-state index contributed by atoms with van der Waals surface area (Å²) in [6.45, 7) is 0. The zero-order valence-electron chi connectivity index (χ0n) is 27.0. The number of rotatable bonds is 4. The molecule has 0 bridgehead atoms. The molecule has 3 aliphatic rings. The van der Waals surface area contributed by atoms with Crippen molar-refractivity contribution in [3.8, 4) is 0 Å². The van der Waals surface area contributed by atoms with Crippen LogP contribution in [0.2, 0.25) is 0 Å². The van der Waals surface area contributed by atoms with Crippen molar-refractivity contribution in [2.24, 2.45) is 0 Å². The molecular formula is C45H31N2OS2+. The van der Waals surface area contributed by atoms with E-state index in [4.69, 9.17) is 4.74 Å². The van der Waals surface area contributed by atoms with Gasteiger partial charge in [0.25, 0.3) is 6.23 Å². The van der Waals surface area contributed by atoms with Crippen molar-refractivity contribution in [1.82, 2.24) is 5.32 Å². The van der Waals surface area contributed by atoms with Crippen LogP contribution in [0.1, 0.15) is 28.8 Å². The van der Waals surface area contributed by atoms with E-state index in [1.54, 1.807) is 0 Å². The van der Waals surface area contributed by atoms with Gasteiger partial charge in [0.05, 0.1) is 17.2 Å². The molecule has 50 heavy (non-hydrogen) atoms. The minimum atomic E-state index is -0.0468. The Bertz CT molecular complexity index is 2750. The van der Waals surface area contributed by atoms with Crippen LogP contribution < -0.4 is 10.2 Å². The molecule has 2 N–H and O–H groups in total. The molecule has 3 atom stereocenters. The predicted octanol–water partition coefficient (Wildman–Crippen LogP) is 12.0. The van der Waals surface area contributed by atoms with E-state index >= 15 is 0 Å². The minimum absolute atomic E-state index is 0.0380. The van der Waals surface area contributed by atoms with Crippen LogP contribution in [-0.4, -0.2) is 10.8 Å². The van der Waals surface area contributed by atoms with Gasteiger partial charge >= 0.3 is 0 Å². The topological polar surface area (TPSA) is 28.1 Å². The quantitative estimate of drug-likeness (QED) is 0.188. The van der Waals surface area contributed by atoms with E-state index < -0.39 is 0 Å². The first-order valence-electron chi connectivity index (χ1n) is 17.1. The van der Waals surface area contributed by atoms with E-state index in [0.29, 0.717) is 0 Å². The summed E-state index contributed by atoms with van der Waals surface area (Å²) in [6, 6.07) is 49.1. The summed E-state index contributed by atoms with van der Waals surface area (Å²) in [5.41, 5.74) is 9.75. The maximum atomic E-state index is 5.40. The average Bonchev–Trinajstić information content (AvgIpc) is 3.88. The zero-order valence-corrected chi connectivity index (χ0v) is 28.6. The van der Waals surface area contributed by atoms with Gasteiger partial charge < -0.3 is 15.0 Å². The standard InChI is InChI=1S/C45H30N2OS2/c1-2-8-29(9-3-1)45-46-38-22-17-28-15-14-27-16-18-30(24-36(27)43(28)44(38)48-45)47(31-20-23-41-37(25-31)34-11-5-7-13-40(34)49-41)32-19-21-35-33-10-4-6-12-39(33)50-42(35)26-32/h1-26,43-46H/p+1. The molecule has 0 amide bonds. The molecule has 5 heteroatoms. The van der Waals surface area contributed by atoms with Gasteiger partial charge in [0, 0.05) is 57.4 Å². The van der Waals surface area contributed by atoms with Crippen LogP contribution in [0.15, 0.2) is 163 Å². The minimum Gasteiger partial charge on any atom is -0.404 e. The summed E-state index contributed by atoms with van der Waals surface area (Å²) in [5, 5.41) is 8.97. The zero-order chi connectivity index (χ0) is 32.8. The molecule has 11 rings (SSSR count). The number of ether oxygens (including phenoxy) is 1. The lowest BCUT2D eigenvalue weighted by atomic mass is 9.76. The van der Waals surface area contributed by atoms with Crippen molar-refractivity contribution in [2.45, 2.75) is 18.2 Å². The Hall–Kier alpha value is -5.46. The Morgan fingerprint density at radius 3 is 2.06 bits per heavy atom. The molecule has 2 aromatic heterocycles. The Kier molecular flexibility index (Phi) is 6.26. The highest BCUT2D eigenvalue weighted by Crippen LogP contribution is 2.48. The Balaban J connectivity index is 1.07. The normalized spacial score (nSPS) is 19.2. The predicted molar refractivity (Wildman–Crippen MR) is 213 cm³/mol. The second-order valence-corrected chi connectivity index (χ2v) is 15.5. The molecule has 1 saturated heterocycles. The average molecular weight is 680 g/mol. The fraction of sp³-hybridized carbons (Fsp3) is 0.0667. The van der Waals surface area contributed by atoms with Crippen LogP contribution in [0.5, 0.6) is 0 Å². The summed E-state index contributed by atoms with van der Waals surface area (Å²) in [7, 11) is 0. The van der Waals surface area contributed by atoms with Crippen LogP contribution in [0.25, 0.3) is 46.4 Å². The number of hydrogen-bond donors (Lipinski definition) is 1. The third-order valence-corrected chi connectivity index (χ3v) is 12.8. The number of fused-ring (bicyclic) bond motifs is 11. The Labute approximate surface area is 297 Å². The van der Waals surface area contributed by atoms with Crippen LogP contribution in [0.4, 0.5) is 17.1 Å². The van der Waals surface area contributed by atoms with Crippen molar-refractivity contribution >= 4 is 86.2 Å². The van der Waals surface area contributed by atoms with Gasteiger partial charge in [0.15, 0.2) is 0 Å². The fourth-order valence-electron chi connectivity index (χ4n) is 8.18. The first-order chi connectivity index (χ1) is 24.7. The molecule has 238 valence electrons. The van der Waals surface area contributed by atoms with E-state index in [9.17, 15) is 0 Å². The molecule has 0 spiro atoms. The highest BCUT2D eigenvalue weighted by Gasteiger charge is 2.45. The second kappa shape index (κ2) is 11.0. The van der Waals surface area contributed by atoms with Crippen LogP contribution in [0.3, 0.4) is 0 Å². The van der Waals surface area contributed by atoms with Crippen LogP contribution in [-0.2, 0) is 0 Å². The van der Waals surface area contributed by atoms with E-state index in [-0.39, 0.29) is 18.2 Å². The summed E-state index contributed by atoms with van der Waals surface area (Å²) in [6.07, 6.45) is 9.06. The van der Waals surface area contributed by atoms with Gasteiger partial charge in [-0.2, -0.15) is 0 Å². The van der Waals surface area contributed by atoms with Gasteiger partial charge in [-0.1, -0.05) is 85.0 Å². The Morgan fingerprint density at radius 1 is 0.540 bits per heavy atom. The maximum Gasteiger partial charge on any atom is 0.259 e. The molecular weight excluding hydrogens is 649 g/mol. The summed E-state index contributed by atoms with van der Waals surface area (Å²) in [4.78, 5) is 2.45. The van der Waals surface area contributed by atoms with E-state index in [0.717, 1.165) is 17.1 Å². The van der Waals surface area contributed by atoms with Gasteiger partial charge in [0.2, 0.25) is 6.10 Å². The first kappa shape index (κ1) is 28.4. The Morgan fingerprint density at radius 2 is 1.20 bits per heavy atom. The number of anilines is 3. The van der Waals surface area contributed by atoms with Crippen molar-refractivity contribution in [1.29, 1.82) is 0 Å². The molecule has 3 unspecified atom stereocenters. The summed E-state index contributed by atoms with van der Waals surface area (Å²) < 4.78 is 10.7. The lowest BCUT2D eigenvalue weighted by molar-refractivity contribution is -0.123. The van der Waals surface area contributed by atoms with E-state index in [1.165, 1.54) is 68.3 Å². The smallest absolute Gasteiger partial charge is 0.259 e. The molecule has 3 nitrogen and oxygen atoms in total. The van der Waals surface area contributed by atoms with Crippen molar-refractivity contribution in [3.63, 3.8) is 0 Å². The largest absolute Gasteiger partial charge is 0.404 e. The maximum absolute atomic E-state index is 5.40. The first-order valence-corrected chi connectivity index (χ1v) is 18.8. The van der Waals surface area contributed by atoms with Gasteiger partial charge in [0.1, 0.15) is 0 Å². The lowest BCUT2D eigenvalue weighted by Crippen LogP contribution is -2.28. The van der Waals surface area contributed by atoms with Crippen molar-refractivity contribution in [2.75, 3.05) is 4.90 Å². The number of hydrogen-bond acceptors (Lipinski definition) is 4. The fourth-order valence-corrected chi connectivity index (χ4v) is 10.4. The number of benzene rings is 6. The molecule has 1 fully saturated rings. The van der Waals surface area contributed by atoms with Crippen LogP contribution >= 0.6 is 22.7 Å². The molecule has 0 saturated carbocycles. The highest BCUT2D eigenvalue weighted by molar-refractivity contribution is 7.26. The van der Waals surface area contributed by atoms with Gasteiger partial charge in [-0.25, -0.2) is 0 Å². The number of allylic oxidation sites excluding steroid dienone is 3. The number of nitrogens with zero attached hydrogens (tertiary/aromatic N) is 1. The summed E-state index contributed by atoms with van der Waals surface area (Å²) in [5.74, 6) is 0.145. The second-order valence-electron chi connectivity index (χ2n) is 13.4. The lowest BCUT2D eigenvalue weighted by Gasteiger charge is -2.31. The number of thiophene rings is 2. The molecule has 1 aliphatic heterocycles. The van der Waals surface area contributed by atoms with E-state index in [1.807, 2.05) is 22.7 Å². The van der Waals surface area contributed by atoms with E-state index in [2.05, 4.69) is 168 Å². The van der Waals surface area contributed by atoms with Gasteiger partial charge in [-0.15, -0.1) is 22.7 Å².